The molecule has 1 heterocycles. The summed E-state index contributed by atoms with van der Waals surface area (Å²) in [5.41, 5.74) is 2.50. The monoisotopic (exact) mass is 254 g/mol. The Morgan fingerprint density at radius 2 is 1.61 bits per heavy atom. The van der Waals surface area contributed by atoms with Crippen LogP contribution in [0.5, 0.6) is 11.5 Å². The highest BCUT2D eigenvalue weighted by molar-refractivity contribution is 7.17. The van der Waals surface area contributed by atoms with Crippen molar-refractivity contribution < 1.29 is 4.74 Å². The molecule has 0 unspecified atom stereocenters. The fraction of sp³-hybridized carbons (Fsp3) is 0.125. The largest absolute Gasteiger partial charge is 0.456 e. The van der Waals surface area contributed by atoms with Gasteiger partial charge < -0.3 is 4.74 Å². The molecule has 3 aromatic rings. The van der Waals surface area contributed by atoms with E-state index in [9.17, 15) is 0 Å². The number of benzene rings is 2. The second-order valence-corrected chi connectivity index (χ2v) is 5.43. The van der Waals surface area contributed by atoms with E-state index in [4.69, 9.17) is 4.74 Å². The number of thiophene rings is 1. The molecule has 0 bridgehead atoms. The molecule has 0 radical (unpaired) electrons. The summed E-state index contributed by atoms with van der Waals surface area (Å²) in [5.74, 6) is 1.84. The van der Waals surface area contributed by atoms with Gasteiger partial charge in [0.2, 0.25) is 0 Å². The highest BCUT2D eigenvalue weighted by Gasteiger charge is 2.06. The molecule has 1 nitrogen and oxygen atoms in total. The number of hydrogen-bond acceptors (Lipinski definition) is 2. The van der Waals surface area contributed by atoms with Gasteiger partial charge in [-0.05, 0) is 38.1 Å². The minimum absolute atomic E-state index is 0.891. The first-order chi connectivity index (χ1) is 8.72. The van der Waals surface area contributed by atoms with Crippen molar-refractivity contribution >= 4 is 21.4 Å². The van der Waals surface area contributed by atoms with Gasteiger partial charge in [0.15, 0.2) is 0 Å². The van der Waals surface area contributed by atoms with E-state index in [0.29, 0.717) is 0 Å². The zero-order chi connectivity index (χ0) is 12.5. The van der Waals surface area contributed by atoms with Crippen LogP contribution in [0.3, 0.4) is 0 Å². The summed E-state index contributed by atoms with van der Waals surface area (Å²) in [6.45, 7) is 4.18. The molecular weight excluding hydrogens is 240 g/mol. The Labute approximate surface area is 111 Å². The van der Waals surface area contributed by atoms with Gasteiger partial charge in [-0.25, -0.2) is 0 Å². The first-order valence-electron chi connectivity index (χ1n) is 5.95. The highest BCUT2D eigenvalue weighted by atomic mass is 32.1. The fourth-order valence-corrected chi connectivity index (χ4v) is 2.77. The van der Waals surface area contributed by atoms with Crippen molar-refractivity contribution in [3.8, 4) is 11.5 Å². The summed E-state index contributed by atoms with van der Waals surface area (Å²) in [5, 5.41) is 3.27. The van der Waals surface area contributed by atoms with E-state index in [2.05, 4.69) is 49.6 Å². The second kappa shape index (κ2) is 4.46. The van der Waals surface area contributed by atoms with Crippen LogP contribution in [-0.4, -0.2) is 0 Å². The van der Waals surface area contributed by atoms with Crippen LogP contribution in [0.1, 0.15) is 11.1 Å². The van der Waals surface area contributed by atoms with Gasteiger partial charge in [-0.2, -0.15) is 0 Å². The van der Waals surface area contributed by atoms with Crippen LogP contribution in [0.4, 0.5) is 0 Å². The zero-order valence-corrected chi connectivity index (χ0v) is 11.3. The normalized spacial score (nSPS) is 10.8. The SMILES string of the molecule is Cc1ccc(Oc2csc3ccc(C)cc23)cc1. The van der Waals surface area contributed by atoms with E-state index < -0.39 is 0 Å². The molecule has 0 N–H and O–H groups in total. The van der Waals surface area contributed by atoms with E-state index >= 15 is 0 Å². The summed E-state index contributed by atoms with van der Waals surface area (Å²) in [6, 6.07) is 14.6. The molecule has 0 spiro atoms. The van der Waals surface area contributed by atoms with E-state index in [-0.39, 0.29) is 0 Å². The van der Waals surface area contributed by atoms with E-state index in [1.807, 2.05) is 12.1 Å². The molecular formula is C16H14OS. The summed E-state index contributed by atoms with van der Waals surface area (Å²) >= 11 is 1.72. The van der Waals surface area contributed by atoms with Gasteiger partial charge in [0, 0.05) is 15.5 Å². The van der Waals surface area contributed by atoms with Gasteiger partial charge in [0.25, 0.3) is 0 Å². The average Bonchev–Trinajstić information content (AvgIpc) is 2.75. The van der Waals surface area contributed by atoms with Crippen LogP contribution >= 0.6 is 11.3 Å². The molecule has 2 heteroatoms. The zero-order valence-electron chi connectivity index (χ0n) is 10.4. The van der Waals surface area contributed by atoms with Crippen LogP contribution in [0.15, 0.2) is 47.8 Å². The lowest BCUT2D eigenvalue weighted by molar-refractivity contribution is 0.490. The molecule has 0 saturated heterocycles. The third-order valence-corrected chi connectivity index (χ3v) is 3.88. The Hall–Kier alpha value is -1.80. The van der Waals surface area contributed by atoms with Crippen molar-refractivity contribution in [3.63, 3.8) is 0 Å². The van der Waals surface area contributed by atoms with Gasteiger partial charge in [-0.1, -0.05) is 29.3 Å². The number of fused-ring (bicyclic) bond motifs is 1. The van der Waals surface area contributed by atoms with Crippen molar-refractivity contribution in [2.75, 3.05) is 0 Å². The lowest BCUT2D eigenvalue weighted by Gasteiger charge is -2.05. The quantitative estimate of drug-likeness (QED) is 0.602. The maximum Gasteiger partial charge on any atom is 0.145 e. The molecule has 2 aromatic carbocycles. The Bertz CT molecular complexity index is 680. The van der Waals surface area contributed by atoms with E-state index in [1.165, 1.54) is 21.2 Å². The summed E-state index contributed by atoms with van der Waals surface area (Å²) < 4.78 is 7.22. The summed E-state index contributed by atoms with van der Waals surface area (Å²) in [6.07, 6.45) is 0. The Balaban J connectivity index is 1.99. The predicted octanol–water partition coefficient (Wildman–Crippen LogP) is 5.31. The van der Waals surface area contributed by atoms with E-state index in [1.54, 1.807) is 11.3 Å². The maximum absolute atomic E-state index is 5.95. The second-order valence-electron chi connectivity index (χ2n) is 4.51. The first kappa shape index (κ1) is 11.3. The standard InChI is InChI=1S/C16H14OS/c1-11-3-6-13(7-4-11)17-15-10-18-16-8-5-12(2)9-14(15)16/h3-10H,1-2H3. The van der Waals surface area contributed by atoms with Gasteiger partial charge >= 0.3 is 0 Å². The minimum atomic E-state index is 0.891. The lowest BCUT2D eigenvalue weighted by atomic mass is 10.2. The molecule has 0 aliphatic rings. The highest BCUT2D eigenvalue weighted by Crippen LogP contribution is 2.35. The average molecular weight is 254 g/mol. The third-order valence-electron chi connectivity index (χ3n) is 2.94. The van der Waals surface area contributed by atoms with Crippen LogP contribution in [0.2, 0.25) is 0 Å². The van der Waals surface area contributed by atoms with Crippen molar-refractivity contribution in [2.24, 2.45) is 0 Å². The van der Waals surface area contributed by atoms with Gasteiger partial charge in [0.05, 0.1) is 0 Å². The molecule has 0 saturated carbocycles. The van der Waals surface area contributed by atoms with Crippen molar-refractivity contribution in [1.29, 1.82) is 0 Å². The van der Waals surface area contributed by atoms with Crippen LogP contribution in [-0.2, 0) is 0 Å². The molecule has 0 atom stereocenters. The number of aryl methyl sites for hydroxylation is 2. The predicted molar refractivity (Wildman–Crippen MR) is 77.8 cm³/mol. The minimum Gasteiger partial charge on any atom is -0.456 e. The Morgan fingerprint density at radius 3 is 2.39 bits per heavy atom. The summed E-state index contributed by atoms with van der Waals surface area (Å²) in [4.78, 5) is 0. The van der Waals surface area contributed by atoms with Crippen molar-refractivity contribution in [1.82, 2.24) is 0 Å². The Kier molecular flexibility index (Phi) is 2.80. The Morgan fingerprint density at radius 1 is 0.889 bits per heavy atom. The van der Waals surface area contributed by atoms with Crippen LogP contribution < -0.4 is 4.74 Å². The van der Waals surface area contributed by atoms with Crippen molar-refractivity contribution in [2.45, 2.75) is 13.8 Å². The third kappa shape index (κ3) is 2.12. The van der Waals surface area contributed by atoms with Crippen molar-refractivity contribution in [3.05, 3.63) is 59.0 Å². The number of hydrogen-bond donors (Lipinski definition) is 0. The molecule has 0 amide bonds. The van der Waals surface area contributed by atoms with Gasteiger partial charge in [0.1, 0.15) is 11.5 Å². The molecule has 0 aliphatic carbocycles. The molecule has 1 aromatic heterocycles. The van der Waals surface area contributed by atoms with Crippen LogP contribution in [0, 0.1) is 13.8 Å². The molecule has 0 fully saturated rings. The molecule has 90 valence electrons. The van der Waals surface area contributed by atoms with E-state index in [0.717, 1.165) is 11.5 Å². The number of rotatable bonds is 2. The lowest BCUT2D eigenvalue weighted by Crippen LogP contribution is -1.83. The fourth-order valence-electron chi connectivity index (χ4n) is 1.93. The molecule has 18 heavy (non-hydrogen) atoms. The van der Waals surface area contributed by atoms with Gasteiger partial charge in [-0.15, -0.1) is 11.3 Å². The molecule has 3 rings (SSSR count). The summed E-state index contributed by atoms with van der Waals surface area (Å²) in [7, 11) is 0. The maximum atomic E-state index is 5.95. The topological polar surface area (TPSA) is 9.23 Å². The molecule has 0 aliphatic heterocycles. The number of ether oxygens (including phenoxy) is 1. The van der Waals surface area contributed by atoms with Crippen LogP contribution in [0.25, 0.3) is 10.1 Å². The first-order valence-corrected chi connectivity index (χ1v) is 6.83. The smallest absolute Gasteiger partial charge is 0.145 e. The van der Waals surface area contributed by atoms with Gasteiger partial charge in [-0.3, -0.25) is 0 Å².